The maximum atomic E-state index is 11.3. The second-order valence-corrected chi connectivity index (χ2v) is 6.10. The number of hydrogen-bond donors (Lipinski definition) is 1. The third-order valence-corrected chi connectivity index (χ3v) is 4.22. The molecule has 0 aliphatic carbocycles. The van der Waals surface area contributed by atoms with Gasteiger partial charge in [-0.3, -0.25) is 4.79 Å². The molecule has 0 amide bonds. The second kappa shape index (κ2) is 7.17. The molecule has 2 atom stereocenters. The van der Waals surface area contributed by atoms with Gasteiger partial charge in [0.2, 0.25) is 0 Å². The van der Waals surface area contributed by atoms with Crippen molar-refractivity contribution in [2.24, 2.45) is 11.1 Å². The topological polar surface area (TPSA) is 52.3 Å². The molecule has 0 fully saturated rings. The van der Waals surface area contributed by atoms with Crippen LogP contribution in [-0.2, 0) is 9.53 Å². The number of nitrogens with two attached hydrogens (primary N) is 1. The molecule has 0 rings (SSSR count). The Morgan fingerprint density at radius 2 is 1.94 bits per heavy atom. The normalized spacial score (nSPS) is 15.6. The molecule has 0 aliphatic heterocycles. The SMILES string of the molecule is CCOC(=O)CSC(C(N)CC)C(C)(C)C. The van der Waals surface area contributed by atoms with Gasteiger partial charge in [-0.15, -0.1) is 11.8 Å². The van der Waals surface area contributed by atoms with Gasteiger partial charge in [-0.2, -0.15) is 0 Å². The first-order valence-corrected chi connectivity index (χ1v) is 6.90. The first-order valence-electron chi connectivity index (χ1n) is 5.85. The van der Waals surface area contributed by atoms with E-state index in [9.17, 15) is 4.79 Å². The Labute approximate surface area is 103 Å². The fraction of sp³-hybridized carbons (Fsp3) is 0.917. The van der Waals surface area contributed by atoms with E-state index in [0.717, 1.165) is 6.42 Å². The Bertz CT molecular complexity index is 214. The van der Waals surface area contributed by atoms with Crippen LogP contribution in [-0.4, -0.2) is 29.6 Å². The molecule has 0 spiro atoms. The Morgan fingerprint density at radius 1 is 1.38 bits per heavy atom. The maximum absolute atomic E-state index is 11.3. The summed E-state index contributed by atoms with van der Waals surface area (Å²) in [5.41, 5.74) is 6.19. The molecule has 0 saturated carbocycles. The largest absolute Gasteiger partial charge is 0.465 e. The van der Waals surface area contributed by atoms with Gasteiger partial charge in [0.05, 0.1) is 12.4 Å². The molecule has 96 valence electrons. The van der Waals surface area contributed by atoms with E-state index in [4.69, 9.17) is 10.5 Å². The number of hydrogen-bond acceptors (Lipinski definition) is 4. The lowest BCUT2D eigenvalue weighted by Crippen LogP contribution is -2.41. The zero-order chi connectivity index (χ0) is 12.8. The van der Waals surface area contributed by atoms with E-state index in [1.807, 2.05) is 6.92 Å². The van der Waals surface area contributed by atoms with Gasteiger partial charge in [0.1, 0.15) is 0 Å². The Hall–Kier alpha value is -0.220. The number of carbonyl (C=O) groups is 1. The van der Waals surface area contributed by atoms with Gasteiger partial charge in [0.25, 0.3) is 0 Å². The van der Waals surface area contributed by atoms with Crippen molar-refractivity contribution in [3.8, 4) is 0 Å². The highest BCUT2D eigenvalue weighted by atomic mass is 32.2. The zero-order valence-corrected chi connectivity index (χ0v) is 11.9. The van der Waals surface area contributed by atoms with E-state index >= 15 is 0 Å². The number of rotatable bonds is 6. The number of thioether (sulfide) groups is 1. The summed E-state index contributed by atoms with van der Waals surface area (Å²) in [5, 5.41) is 0.280. The van der Waals surface area contributed by atoms with E-state index in [0.29, 0.717) is 12.4 Å². The smallest absolute Gasteiger partial charge is 0.315 e. The average Bonchev–Trinajstić information content (AvgIpc) is 2.16. The fourth-order valence-electron chi connectivity index (χ4n) is 1.59. The van der Waals surface area contributed by atoms with Crippen molar-refractivity contribution in [2.75, 3.05) is 12.4 Å². The Kier molecular flexibility index (Phi) is 7.07. The van der Waals surface area contributed by atoms with E-state index < -0.39 is 0 Å². The number of carbonyl (C=O) groups excluding carboxylic acids is 1. The van der Waals surface area contributed by atoms with Crippen LogP contribution < -0.4 is 5.73 Å². The predicted molar refractivity (Wildman–Crippen MR) is 70.6 cm³/mol. The van der Waals surface area contributed by atoms with Gasteiger partial charge >= 0.3 is 5.97 Å². The molecule has 16 heavy (non-hydrogen) atoms. The predicted octanol–water partition coefficient (Wildman–Crippen LogP) is 2.43. The molecular weight excluding hydrogens is 222 g/mol. The van der Waals surface area contributed by atoms with Crippen molar-refractivity contribution in [1.82, 2.24) is 0 Å². The van der Waals surface area contributed by atoms with Crippen LogP contribution in [0.2, 0.25) is 0 Å². The lowest BCUT2D eigenvalue weighted by molar-refractivity contribution is -0.139. The molecule has 0 radical (unpaired) electrons. The van der Waals surface area contributed by atoms with Gasteiger partial charge < -0.3 is 10.5 Å². The van der Waals surface area contributed by atoms with Crippen LogP contribution in [0.15, 0.2) is 0 Å². The molecule has 0 aliphatic rings. The monoisotopic (exact) mass is 247 g/mol. The average molecular weight is 247 g/mol. The van der Waals surface area contributed by atoms with Crippen molar-refractivity contribution in [3.05, 3.63) is 0 Å². The quantitative estimate of drug-likeness (QED) is 0.732. The summed E-state index contributed by atoms with van der Waals surface area (Å²) in [6.07, 6.45) is 0.928. The van der Waals surface area contributed by atoms with Crippen LogP contribution in [0.1, 0.15) is 41.0 Å². The first kappa shape index (κ1) is 15.8. The summed E-state index contributed by atoms with van der Waals surface area (Å²) in [7, 11) is 0. The molecule has 0 bridgehead atoms. The van der Waals surface area contributed by atoms with Crippen molar-refractivity contribution >= 4 is 17.7 Å². The minimum Gasteiger partial charge on any atom is -0.465 e. The summed E-state index contributed by atoms with van der Waals surface area (Å²) < 4.78 is 4.92. The molecule has 0 aromatic rings. The highest BCUT2D eigenvalue weighted by Gasteiger charge is 2.30. The maximum Gasteiger partial charge on any atom is 0.315 e. The minimum atomic E-state index is -0.148. The molecule has 3 nitrogen and oxygen atoms in total. The Balaban J connectivity index is 4.29. The summed E-state index contributed by atoms with van der Waals surface area (Å²) in [4.78, 5) is 11.3. The third-order valence-electron chi connectivity index (χ3n) is 2.40. The highest BCUT2D eigenvalue weighted by molar-refractivity contribution is 8.00. The summed E-state index contributed by atoms with van der Waals surface area (Å²) in [5.74, 6) is 0.244. The van der Waals surface area contributed by atoms with Gasteiger partial charge in [-0.05, 0) is 18.8 Å². The van der Waals surface area contributed by atoms with Gasteiger partial charge in [-0.1, -0.05) is 27.7 Å². The first-order chi connectivity index (χ1) is 7.32. The highest BCUT2D eigenvalue weighted by Crippen LogP contribution is 2.33. The summed E-state index contributed by atoms with van der Waals surface area (Å²) >= 11 is 1.61. The van der Waals surface area contributed by atoms with E-state index in [1.165, 1.54) is 0 Å². The van der Waals surface area contributed by atoms with Crippen molar-refractivity contribution < 1.29 is 9.53 Å². The van der Waals surface area contributed by atoms with Gasteiger partial charge in [0, 0.05) is 11.3 Å². The molecule has 0 aromatic heterocycles. The molecule has 0 heterocycles. The van der Waals surface area contributed by atoms with Crippen molar-refractivity contribution in [3.63, 3.8) is 0 Å². The molecule has 2 unspecified atom stereocenters. The van der Waals surface area contributed by atoms with Crippen LogP contribution in [0.25, 0.3) is 0 Å². The number of esters is 1. The summed E-state index contributed by atoms with van der Waals surface area (Å²) in [6, 6.07) is 0.124. The second-order valence-electron chi connectivity index (χ2n) is 4.97. The van der Waals surface area contributed by atoms with Crippen molar-refractivity contribution in [2.45, 2.75) is 52.3 Å². The van der Waals surface area contributed by atoms with Crippen LogP contribution in [0.5, 0.6) is 0 Å². The minimum absolute atomic E-state index is 0.104. The van der Waals surface area contributed by atoms with Crippen LogP contribution in [0.3, 0.4) is 0 Å². The van der Waals surface area contributed by atoms with E-state index in [-0.39, 0.29) is 22.7 Å². The fourth-order valence-corrected chi connectivity index (χ4v) is 2.93. The van der Waals surface area contributed by atoms with Gasteiger partial charge in [0.15, 0.2) is 0 Å². The number of ether oxygens (including phenoxy) is 1. The third kappa shape index (κ3) is 5.75. The molecule has 0 aromatic carbocycles. The van der Waals surface area contributed by atoms with Crippen LogP contribution in [0.4, 0.5) is 0 Å². The lowest BCUT2D eigenvalue weighted by Gasteiger charge is -2.34. The van der Waals surface area contributed by atoms with Crippen LogP contribution >= 0.6 is 11.8 Å². The summed E-state index contributed by atoms with van der Waals surface area (Å²) in [6.45, 7) is 10.8. The molecule has 2 N–H and O–H groups in total. The van der Waals surface area contributed by atoms with Crippen molar-refractivity contribution in [1.29, 1.82) is 0 Å². The van der Waals surface area contributed by atoms with E-state index in [2.05, 4.69) is 27.7 Å². The van der Waals surface area contributed by atoms with E-state index in [1.54, 1.807) is 11.8 Å². The molecular formula is C12H25NO2S. The zero-order valence-electron chi connectivity index (χ0n) is 11.1. The molecule has 4 heteroatoms. The lowest BCUT2D eigenvalue weighted by atomic mass is 9.87. The van der Waals surface area contributed by atoms with Crippen LogP contribution in [0, 0.1) is 5.41 Å². The van der Waals surface area contributed by atoms with Gasteiger partial charge in [-0.25, -0.2) is 0 Å². The molecule has 0 saturated heterocycles. The standard InChI is InChI=1S/C12H25NO2S/c1-6-9(13)11(12(3,4)5)16-8-10(14)15-7-2/h9,11H,6-8,13H2,1-5H3. The Morgan fingerprint density at radius 3 is 2.31 bits per heavy atom.